The number of benzene rings is 1. The summed E-state index contributed by atoms with van der Waals surface area (Å²) >= 11 is 5.79. The molecule has 2 rings (SSSR count). The fourth-order valence-electron chi connectivity index (χ4n) is 2.23. The number of anilines is 1. The number of halogens is 1. The van der Waals surface area contributed by atoms with E-state index in [4.69, 9.17) is 16.7 Å². The molecule has 114 valence electrons. The first-order valence-electron chi connectivity index (χ1n) is 6.75. The van der Waals surface area contributed by atoms with Crippen LogP contribution >= 0.6 is 11.6 Å². The Morgan fingerprint density at radius 3 is 2.10 bits per heavy atom. The number of aliphatic carboxylic acids is 1. The molecule has 1 aliphatic heterocycles. The van der Waals surface area contributed by atoms with Gasteiger partial charge in [-0.15, -0.1) is 0 Å². The van der Waals surface area contributed by atoms with Gasteiger partial charge in [-0.1, -0.05) is 11.6 Å². The third-order valence-electron chi connectivity index (χ3n) is 3.32. The number of amides is 1. The zero-order chi connectivity index (χ0) is 15.2. The molecule has 0 radical (unpaired) electrons. The number of nitrogens with zero attached hydrogens (tertiary/aromatic N) is 2. The molecule has 0 aromatic heterocycles. The number of rotatable bonds is 5. The Kier molecular flexibility index (Phi) is 5.55. The summed E-state index contributed by atoms with van der Waals surface area (Å²) in [6.45, 7) is 3.10. The van der Waals surface area contributed by atoms with Crippen molar-refractivity contribution in [2.75, 3.05) is 44.6 Å². The van der Waals surface area contributed by atoms with Crippen LogP contribution in [0.4, 0.5) is 5.69 Å². The summed E-state index contributed by atoms with van der Waals surface area (Å²) in [6.07, 6.45) is 0. The highest BCUT2D eigenvalue weighted by Gasteiger charge is 2.20. The molecule has 0 aliphatic carbocycles. The summed E-state index contributed by atoms with van der Waals surface area (Å²) in [5.41, 5.74) is 0.717. The van der Waals surface area contributed by atoms with Crippen LogP contribution in [0.5, 0.6) is 0 Å². The van der Waals surface area contributed by atoms with E-state index in [0.717, 1.165) is 0 Å². The molecule has 0 unspecified atom stereocenters. The molecule has 0 spiro atoms. The van der Waals surface area contributed by atoms with Crippen LogP contribution in [0.3, 0.4) is 0 Å². The van der Waals surface area contributed by atoms with Gasteiger partial charge in [0.15, 0.2) is 0 Å². The van der Waals surface area contributed by atoms with E-state index in [2.05, 4.69) is 5.32 Å². The molecule has 21 heavy (non-hydrogen) atoms. The molecule has 6 nitrogen and oxygen atoms in total. The first-order chi connectivity index (χ1) is 10.0. The van der Waals surface area contributed by atoms with Crippen molar-refractivity contribution in [3.8, 4) is 0 Å². The highest BCUT2D eigenvalue weighted by atomic mass is 35.5. The van der Waals surface area contributed by atoms with E-state index in [-0.39, 0.29) is 12.5 Å². The van der Waals surface area contributed by atoms with Gasteiger partial charge in [-0.2, -0.15) is 0 Å². The minimum Gasteiger partial charge on any atom is -0.480 e. The van der Waals surface area contributed by atoms with Crippen molar-refractivity contribution in [3.63, 3.8) is 0 Å². The van der Waals surface area contributed by atoms with E-state index in [1.54, 1.807) is 24.3 Å². The summed E-state index contributed by atoms with van der Waals surface area (Å²) in [5, 5.41) is 12.2. The molecule has 1 aromatic carbocycles. The number of hydrogen-bond donors (Lipinski definition) is 2. The quantitative estimate of drug-likeness (QED) is 0.848. The standard InChI is InChI=1S/C14H18ClN3O3/c15-11-1-3-12(4-2-11)16-13(19)9-17-5-7-18(8-6-17)10-14(20)21/h1-4H,5-10H2,(H,16,19)(H,20,21). The van der Waals surface area contributed by atoms with Gasteiger partial charge in [0.2, 0.25) is 5.91 Å². The second kappa shape index (κ2) is 7.40. The molecule has 1 amide bonds. The number of carbonyl (C=O) groups is 2. The Morgan fingerprint density at radius 2 is 1.57 bits per heavy atom. The lowest BCUT2D eigenvalue weighted by atomic mass is 10.3. The molecule has 0 atom stereocenters. The molecule has 0 saturated carbocycles. The van der Waals surface area contributed by atoms with Gasteiger partial charge in [-0.3, -0.25) is 19.4 Å². The average Bonchev–Trinajstić information content (AvgIpc) is 2.43. The predicted molar refractivity (Wildman–Crippen MR) is 80.6 cm³/mol. The van der Waals surface area contributed by atoms with Gasteiger partial charge in [0, 0.05) is 36.9 Å². The van der Waals surface area contributed by atoms with Crippen LogP contribution in [0, 0.1) is 0 Å². The second-order valence-corrected chi connectivity index (χ2v) is 5.44. The van der Waals surface area contributed by atoms with Crippen molar-refractivity contribution in [1.82, 2.24) is 9.80 Å². The van der Waals surface area contributed by atoms with Gasteiger partial charge in [0.25, 0.3) is 0 Å². The molecule has 1 heterocycles. The largest absolute Gasteiger partial charge is 0.480 e. The van der Waals surface area contributed by atoms with Crippen LogP contribution in [0.25, 0.3) is 0 Å². The predicted octanol–water partition coefficient (Wildman–Crippen LogP) is 0.981. The van der Waals surface area contributed by atoms with E-state index in [1.165, 1.54) is 0 Å². The zero-order valence-corrected chi connectivity index (χ0v) is 12.3. The lowest BCUT2D eigenvalue weighted by Crippen LogP contribution is -2.49. The molecule has 7 heteroatoms. The van der Waals surface area contributed by atoms with Crippen LogP contribution in [0.15, 0.2) is 24.3 Å². The summed E-state index contributed by atoms with van der Waals surface area (Å²) in [7, 11) is 0. The highest BCUT2D eigenvalue weighted by Crippen LogP contribution is 2.13. The van der Waals surface area contributed by atoms with Gasteiger partial charge in [-0.25, -0.2) is 0 Å². The summed E-state index contributed by atoms with van der Waals surface area (Å²) in [6, 6.07) is 6.96. The highest BCUT2D eigenvalue weighted by molar-refractivity contribution is 6.30. The van der Waals surface area contributed by atoms with Gasteiger partial charge in [0.05, 0.1) is 13.1 Å². The molecule has 1 saturated heterocycles. The summed E-state index contributed by atoms with van der Waals surface area (Å²) in [5.74, 6) is -0.895. The molecule has 1 aromatic rings. The van der Waals surface area contributed by atoms with E-state index in [0.29, 0.717) is 43.4 Å². The SMILES string of the molecule is O=C(O)CN1CCN(CC(=O)Nc2ccc(Cl)cc2)CC1. The van der Waals surface area contributed by atoms with E-state index < -0.39 is 5.97 Å². The smallest absolute Gasteiger partial charge is 0.317 e. The maximum atomic E-state index is 11.9. The Balaban J connectivity index is 1.74. The summed E-state index contributed by atoms with van der Waals surface area (Å²) < 4.78 is 0. The Hall–Kier alpha value is -1.63. The van der Waals surface area contributed by atoms with Gasteiger partial charge >= 0.3 is 5.97 Å². The molecule has 2 N–H and O–H groups in total. The van der Waals surface area contributed by atoms with Crippen LogP contribution in [0.2, 0.25) is 5.02 Å². The minimum absolute atomic E-state index is 0.0603. The lowest BCUT2D eigenvalue weighted by molar-refractivity contribution is -0.139. The zero-order valence-electron chi connectivity index (χ0n) is 11.6. The van der Waals surface area contributed by atoms with Gasteiger partial charge < -0.3 is 10.4 Å². The summed E-state index contributed by atoms with van der Waals surface area (Å²) in [4.78, 5) is 26.4. The van der Waals surface area contributed by atoms with Gasteiger partial charge in [0.1, 0.15) is 0 Å². The average molecular weight is 312 g/mol. The van der Waals surface area contributed by atoms with Gasteiger partial charge in [-0.05, 0) is 24.3 Å². The number of carboxylic acid groups (broad SMARTS) is 1. The second-order valence-electron chi connectivity index (χ2n) is 5.00. The normalized spacial score (nSPS) is 16.6. The number of hydrogen-bond acceptors (Lipinski definition) is 4. The van der Waals surface area contributed by atoms with Crippen molar-refractivity contribution in [2.24, 2.45) is 0 Å². The Labute approximate surface area is 128 Å². The molecule has 1 aliphatic rings. The fraction of sp³-hybridized carbons (Fsp3) is 0.429. The van der Waals surface area contributed by atoms with Crippen molar-refractivity contribution in [2.45, 2.75) is 0 Å². The number of piperazine rings is 1. The van der Waals surface area contributed by atoms with E-state index in [1.807, 2.05) is 9.80 Å². The number of carboxylic acids is 1. The van der Waals surface area contributed by atoms with Crippen molar-refractivity contribution in [3.05, 3.63) is 29.3 Å². The van der Waals surface area contributed by atoms with Crippen LogP contribution in [0.1, 0.15) is 0 Å². The number of nitrogens with one attached hydrogen (secondary N) is 1. The third kappa shape index (κ3) is 5.34. The van der Waals surface area contributed by atoms with Crippen molar-refractivity contribution >= 4 is 29.2 Å². The van der Waals surface area contributed by atoms with E-state index >= 15 is 0 Å². The first-order valence-corrected chi connectivity index (χ1v) is 7.12. The molecule has 0 bridgehead atoms. The van der Waals surface area contributed by atoms with Crippen LogP contribution < -0.4 is 5.32 Å². The minimum atomic E-state index is -0.816. The molecular weight excluding hydrogens is 294 g/mol. The number of carbonyl (C=O) groups excluding carboxylic acids is 1. The van der Waals surface area contributed by atoms with Crippen LogP contribution in [-0.2, 0) is 9.59 Å². The van der Waals surface area contributed by atoms with Crippen molar-refractivity contribution < 1.29 is 14.7 Å². The Morgan fingerprint density at radius 1 is 1.05 bits per heavy atom. The molecular formula is C14H18ClN3O3. The van der Waals surface area contributed by atoms with Crippen LogP contribution in [-0.4, -0.2) is 66.1 Å². The third-order valence-corrected chi connectivity index (χ3v) is 3.57. The first kappa shape index (κ1) is 15.8. The maximum Gasteiger partial charge on any atom is 0.317 e. The molecule has 1 fully saturated rings. The van der Waals surface area contributed by atoms with Crippen molar-refractivity contribution in [1.29, 1.82) is 0 Å². The maximum absolute atomic E-state index is 11.9. The Bertz CT molecular complexity index is 499. The lowest BCUT2D eigenvalue weighted by Gasteiger charge is -2.33. The topological polar surface area (TPSA) is 72.9 Å². The monoisotopic (exact) mass is 311 g/mol. The fourth-order valence-corrected chi connectivity index (χ4v) is 2.36. The van der Waals surface area contributed by atoms with E-state index in [9.17, 15) is 9.59 Å².